The zero-order chi connectivity index (χ0) is 16.0. The van der Waals surface area contributed by atoms with Crippen LogP contribution in [0.4, 0.5) is 4.39 Å². The number of amides is 1. The predicted octanol–water partition coefficient (Wildman–Crippen LogP) is 2.83. The van der Waals surface area contributed by atoms with Crippen LogP contribution in [0.15, 0.2) is 24.3 Å². The third-order valence-corrected chi connectivity index (χ3v) is 5.23. The predicted molar refractivity (Wildman–Crippen MR) is 90.5 cm³/mol. The van der Waals surface area contributed by atoms with E-state index in [1.54, 1.807) is 11.8 Å². The van der Waals surface area contributed by atoms with Crippen molar-refractivity contribution in [2.24, 2.45) is 5.73 Å². The summed E-state index contributed by atoms with van der Waals surface area (Å²) in [7, 11) is 0. The molecule has 1 amide bonds. The molecule has 0 spiro atoms. The first-order chi connectivity index (χ1) is 10.6. The second-order valence-corrected chi connectivity index (χ2v) is 7.09. The van der Waals surface area contributed by atoms with Crippen LogP contribution in [0, 0.1) is 5.82 Å². The molecular weight excluding hydrogens is 299 g/mol. The molecule has 2 rings (SSSR count). The Kier molecular flexibility index (Phi) is 6.26. The quantitative estimate of drug-likeness (QED) is 0.811. The molecule has 1 aromatic rings. The molecule has 1 fully saturated rings. The van der Waals surface area contributed by atoms with E-state index in [0.29, 0.717) is 13.0 Å². The third-order valence-electron chi connectivity index (χ3n) is 4.59. The van der Waals surface area contributed by atoms with Gasteiger partial charge in [-0.15, -0.1) is 0 Å². The summed E-state index contributed by atoms with van der Waals surface area (Å²) < 4.78 is 13.1. The van der Waals surface area contributed by atoms with Gasteiger partial charge in [0, 0.05) is 12.0 Å². The summed E-state index contributed by atoms with van der Waals surface area (Å²) in [5.74, 6) is 0.583. The zero-order valence-electron chi connectivity index (χ0n) is 13.1. The lowest BCUT2D eigenvalue weighted by molar-refractivity contribution is -0.122. The fourth-order valence-corrected chi connectivity index (χ4v) is 3.68. The topological polar surface area (TPSA) is 55.1 Å². The summed E-state index contributed by atoms with van der Waals surface area (Å²) >= 11 is 1.69. The van der Waals surface area contributed by atoms with E-state index in [9.17, 15) is 9.18 Å². The van der Waals surface area contributed by atoms with Crippen LogP contribution in [0.25, 0.3) is 0 Å². The number of rotatable bonds is 7. The molecule has 0 bridgehead atoms. The second-order valence-electron chi connectivity index (χ2n) is 6.10. The summed E-state index contributed by atoms with van der Waals surface area (Å²) in [6, 6.07) is 6.25. The normalized spacial score (nSPS) is 18.1. The van der Waals surface area contributed by atoms with Crippen LogP contribution in [-0.2, 0) is 10.2 Å². The third kappa shape index (κ3) is 4.23. The SMILES string of the molecule is CSCC[C@H](N)C(=O)NCC1(c2ccc(F)cc2)CCCC1. The van der Waals surface area contributed by atoms with Gasteiger partial charge in [-0.2, -0.15) is 11.8 Å². The number of nitrogens with two attached hydrogens (primary N) is 1. The lowest BCUT2D eigenvalue weighted by atomic mass is 9.78. The highest BCUT2D eigenvalue weighted by molar-refractivity contribution is 7.98. The fraction of sp³-hybridized carbons (Fsp3) is 0.588. The van der Waals surface area contributed by atoms with Crippen LogP contribution in [0.3, 0.4) is 0 Å². The largest absolute Gasteiger partial charge is 0.354 e. The van der Waals surface area contributed by atoms with Crippen LogP contribution < -0.4 is 11.1 Å². The number of thioether (sulfide) groups is 1. The van der Waals surface area contributed by atoms with Gasteiger partial charge in [-0.05, 0) is 49.0 Å². The van der Waals surface area contributed by atoms with Gasteiger partial charge in [-0.3, -0.25) is 4.79 Å². The Labute approximate surface area is 136 Å². The Morgan fingerprint density at radius 2 is 2.00 bits per heavy atom. The molecule has 0 heterocycles. The number of benzene rings is 1. The van der Waals surface area contributed by atoms with Crippen molar-refractivity contribution >= 4 is 17.7 Å². The maximum absolute atomic E-state index is 13.1. The highest BCUT2D eigenvalue weighted by Crippen LogP contribution is 2.40. The van der Waals surface area contributed by atoms with E-state index < -0.39 is 6.04 Å². The molecule has 0 unspecified atom stereocenters. The van der Waals surface area contributed by atoms with Gasteiger partial charge in [-0.25, -0.2) is 4.39 Å². The summed E-state index contributed by atoms with van der Waals surface area (Å²) in [5, 5.41) is 3.02. The van der Waals surface area contributed by atoms with Gasteiger partial charge in [0.2, 0.25) is 5.91 Å². The van der Waals surface area contributed by atoms with E-state index in [1.165, 1.54) is 12.1 Å². The number of carbonyl (C=O) groups is 1. The average Bonchev–Trinajstić information content (AvgIpc) is 3.01. The van der Waals surface area contributed by atoms with Crippen LogP contribution in [0.2, 0.25) is 0 Å². The average molecular weight is 324 g/mol. The number of nitrogens with one attached hydrogen (secondary N) is 1. The summed E-state index contributed by atoms with van der Waals surface area (Å²) in [4.78, 5) is 12.1. The van der Waals surface area contributed by atoms with Crippen molar-refractivity contribution in [1.29, 1.82) is 0 Å². The number of hydrogen-bond acceptors (Lipinski definition) is 3. The minimum absolute atomic E-state index is 0.0669. The Morgan fingerprint density at radius 3 is 2.59 bits per heavy atom. The fourth-order valence-electron chi connectivity index (χ4n) is 3.19. The molecule has 1 saturated carbocycles. The van der Waals surface area contributed by atoms with Crippen molar-refractivity contribution in [3.05, 3.63) is 35.6 Å². The van der Waals surface area contributed by atoms with Gasteiger partial charge in [-0.1, -0.05) is 25.0 Å². The molecule has 1 aliphatic carbocycles. The molecule has 3 N–H and O–H groups in total. The van der Waals surface area contributed by atoms with E-state index in [-0.39, 0.29) is 17.1 Å². The van der Waals surface area contributed by atoms with Crippen molar-refractivity contribution in [3.8, 4) is 0 Å². The zero-order valence-corrected chi connectivity index (χ0v) is 13.9. The van der Waals surface area contributed by atoms with Crippen molar-refractivity contribution in [1.82, 2.24) is 5.32 Å². The Morgan fingerprint density at radius 1 is 1.36 bits per heavy atom. The van der Waals surface area contributed by atoms with E-state index in [4.69, 9.17) is 5.73 Å². The number of halogens is 1. The molecular formula is C17H25FN2OS. The summed E-state index contributed by atoms with van der Waals surface area (Å²) in [5.41, 5.74) is 6.96. The highest BCUT2D eigenvalue weighted by atomic mass is 32.2. The molecule has 0 saturated heterocycles. The molecule has 22 heavy (non-hydrogen) atoms. The lowest BCUT2D eigenvalue weighted by Gasteiger charge is -2.30. The van der Waals surface area contributed by atoms with Gasteiger partial charge in [0.1, 0.15) is 5.82 Å². The second kappa shape index (κ2) is 7.97. The van der Waals surface area contributed by atoms with Crippen LogP contribution in [0.5, 0.6) is 0 Å². The summed E-state index contributed by atoms with van der Waals surface area (Å²) in [6.07, 6.45) is 7.04. The van der Waals surface area contributed by atoms with Gasteiger partial charge in [0.15, 0.2) is 0 Å². The van der Waals surface area contributed by atoms with Gasteiger partial charge >= 0.3 is 0 Å². The first kappa shape index (κ1) is 17.3. The smallest absolute Gasteiger partial charge is 0.236 e. The van der Waals surface area contributed by atoms with Crippen LogP contribution >= 0.6 is 11.8 Å². The Hall–Kier alpha value is -1.07. The molecule has 3 nitrogen and oxygen atoms in total. The van der Waals surface area contributed by atoms with Crippen molar-refractivity contribution in [2.75, 3.05) is 18.6 Å². The van der Waals surface area contributed by atoms with Gasteiger partial charge in [0.25, 0.3) is 0 Å². The maximum Gasteiger partial charge on any atom is 0.236 e. The lowest BCUT2D eigenvalue weighted by Crippen LogP contribution is -2.46. The van der Waals surface area contributed by atoms with Crippen molar-refractivity contribution < 1.29 is 9.18 Å². The highest BCUT2D eigenvalue weighted by Gasteiger charge is 2.36. The minimum atomic E-state index is -0.445. The monoisotopic (exact) mass is 324 g/mol. The molecule has 0 aliphatic heterocycles. The van der Waals surface area contributed by atoms with E-state index in [1.807, 2.05) is 18.4 Å². The van der Waals surface area contributed by atoms with Gasteiger partial charge < -0.3 is 11.1 Å². The van der Waals surface area contributed by atoms with Crippen LogP contribution in [-0.4, -0.2) is 30.5 Å². The molecule has 0 radical (unpaired) electrons. The molecule has 1 aromatic carbocycles. The van der Waals surface area contributed by atoms with Crippen molar-refractivity contribution in [3.63, 3.8) is 0 Å². The van der Waals surface area contributed by atoms with Crippen LogP contribution in [0.1, 0.15) is 37.7 Å². The Balaban J connectivity index is 2.00. The standard InChI is InChI=1S/C17H25FN2OS/c1-22-11-8-15(19)16(21)20-12-17(9-2-3-10-17)13-4-6-14(18)7-5-13/h4-7,15H,2-3,8-12,19H2,1H3,(H,20,21)/t15-/m0/s1. The number of carbonyl (C=O) groups excluding carboxylic acids is 1. The molecule has 0 aromatic heterocycles. The van der Waals surface area contributed by atoms with E-state index in [2.05, 4.69) is 5.32 Å². The first-order valence-corrected chi connectivity index (χ1v) is 9.25. The van der Waals surface area contributed by atoms with Gasteiger partial charge in [0.05, 0.1) is 6.04 Å². The molecule has 122 valence electrons. The summed E-state index contributed by atoms with van der Waals surface area (Å²) in [6.45, 7) is 0.588. The van der Waals surface area contributed by atoms with E-state index >= 15 is 0 Å². The van der Waals surface area contributed by atoms with Crippen molar-refractivity contribution in [2.45, 2.75) is 43.6 Å². The maximum atomic E-state index is 13.1. The Bertz CT molecular complexity index is 486. The first-order valence-electron chi connectivity index (χ1n) is 7.86. The molecule has 1 atom stereocenters. The molecule has 1 aliphatic rings. The minimum Gasteiger partial charge on any atom is -0.354 e. The molecule has 5 heteroatoms. The number of hydrogen-bond donors (Lipinski definition) is 2. The van der Waals surface area contributed by atoms with E-state index in [0.717, 1.165) is 37.0 Å².